The average molecular weight is 201 g/mol. The lowest BCUT2D eigenvalue weighted by Gasteiger charge is -2.30. The molecule has 1 aromatic heterocycles. The van der Waals surface area contributed by atoms with Gasteiger partial charge in [-0.1, -0.05) is 19.1 Å². The van der Waals surface area contributed by atoms with Gasteiger partial charge in [-0.25, -0.2) is 4.98 Å². The van der Waals surface area contributed by atoms with E-state index in [1.54, 1.807) is 0 Å². The van der Waals surface area contributed by atoms with E-state index in [1.165, 1.54) is 11.3 Å². The van der Waals surface area contributed by atoms with Crippen molar-refractivity contribution in [2.45, 2.75) is 19.4 Å². The highest BCUT2D eigenvalue weighted by Gasteiger charge is 2.23. The number of nitrogens with zero attached hydrogens (tertiary/aromatic N) is 2. The first-order valence-corrected chi connectivity index (χ1v) is 5.56. The highest BCUT2D eigenvalue weighted by atomic mass is 15.2. The number of hydrogen-bond donors (Lipinski definition) is 1. The summed E-state index contributed by atoms with van der Waals surface area (Å²) in [5.74, 6) is 1.21. The molecule has 0 bridgehead atoms. The quantitative estimate of drug-likeness (QED) is 0.802. The van der Waals surface area contributed by atoms with Crippen LogP contribution in [0.1, 0.15) is 18.8 Å². The van der Waals surface area contributed by atoms with E-state index in [-0.39, 0.29) is 0 Å². The third-order valence-electron chi connectivity index (χ3n) is 3.11. The minimum atomic E-state index is 0.604. The van der Waals surface area contributed by atoms with E-state index in [0.717, 1.165) is 25.0 Å². The van der Waals surface area contributed by atoms with Gasteiger partial charge >= 0.3 is 0 Å². The molecule has 0 aliphatic carbocycles. The van der Waals surface area contributed by atoms with Crippen molar-refractivity contribution in [1.29, 1.82) is 0 Å². The number of fused-ring (bicyclic) bond motifs is 1. The van der Waals surface area contributed by atoms with Crippen LogP contribution in [0.4, 0.5) is 0 Å². The summed E-state index contributed by atoms with van der Waals surface area (Å²) in [4.78, 5) is 4.67. The predicted octanol–water partition coefficient (Wildman–Crippen LogP) is 1.74. The van der Waals surface area contributed by atoms with Crippen molar-refractivity contribution in [3.63, 3.8) is 0 Å². The number of hydrogen-bond acceptors (Lipinski definition) is 2. The Hall–Kier alpha value is -1.35. The molecule has 3 nitrogen and oxygen atoms in total. The zero-order chi connectivity index (χ0) is 10.3. The largest absolute Gasteiger partial charge is 0.322 e. The van der Waals surface area contributed by atoms with Gasteiger partial charge in [-0.15, -0.1) is 0 Å². The molecule has 1 saturated heterocycles. The highest BCUT2D eigenvalue weighted by molar-refractivity contribution is 5.76. The fourth-order valence-corrected chi connectivity index (χ4v) is 2.21. The Morgan fingerprint density at radius 1 is 1.40 bits per heavy atom. The van der Waals surface area contributed by atoms with E-state index in [9.17, 15) is 0 Å². The third-order valence-corrected chi connectivity index (χ3v) is 3.11. The van der Waals surface area contributed by atoms with Crippen molar-refractivity contribution in [1.82, 2.24) is 14.9 Å². The fraction of sp³-hybridized carbons (Fsp3) is 0.417. The van der Waals surface area contributed by atoms with Crippen molar-refractivity contribution >= 4 is 11.0 Å². The van der Waals surface area contributed by atoms with Gasteiger partial charge in [0.1, 0.15) is 5.82 Å². The number of para-hydroxylation sites is 2. The van der Waals surface area contributed by atoms with Crippen molar-refractivity contribution in [2.24, 2.45) is 0 Å². The molecule has 1 aliphatic heterocycles. The van der Waals surface area contributed by atoms with Gasteiger partial charge in [0.25, 0.3) is 0 Å². The van der Waals surface area contributed by atoms with Gasteiger partial charge in [0.15, 0.2) is 0 Å². The molecule has 1 aromatic carbocycles. The van der Waals surface area contributed by atoms with Crippen molar-refractivity contribution in [3.8, 4) is 0 Å². The van der Waals surface area contributed by atoms with Crippen molar-refractivity contribution in [3.05, 3.63) is 30.1 Å². The fourth-order valence-electron chi connectivity index (χ4n) is 2.21. The maximum Gasteiger partial charge on any atom is 0.109 e. The predicted molar refractivity (Wildman–Crippen MR) is 61.0 cm³/mol. The molecular formula is C12H15N3. The van der Waals surface area contributed by atoms with Crippen LogP contribution in [0.3, 0.4) is 0 Å². The topological polar surface area (TPSA) is 29.9 Å². The summed E-state index contributed by atoms with van der Waals surface area (Å²) in [6.45, 7) is 4.32. The van der Waals surface area contributed by atoms with Crippen LogP contribution in [0, 0.1) is 0 Å². The summed E-state index contributed by atoms with van der Waals surface area (Å²) in [7, 11) is 0. The summed E-state index contributed by atoms with van der Waals surface area (Å²) in [5.41, 5.74) is 2.40. The molecule has 78 valence electrons. The molecule has 0 spiro atoms. The summed E-state index contributed by atoms with van der Waals surface area (Å²) in [6.07, 6.45) is 1.01. The number of imidazole rings is 1. The SMILES string of the molecule is CCc1nc2ccccc2n1C1CNC1. The summed E-state index contributed by atoms with van der Waals surface area (Å²) >= 11 is 0. The molecule has 3 rings (SSSR count). The van der Waals surface area contributed by atoms with Gasteiger partial charge in [0.05, 0.1) is 17.1 Å². The van der Waals surface area contributed by atoms with Crippen LogP contribution < -0.4 is 5.32 Å². The summed E-state index contributed by atoms with van der Waals surface area (Å²) in [5, 5.41) is 3.32. The standard InChI is InChI=1S/C12H15N3/c1-2-12-14-10-5-3-4-6-11(10)15(12)9-7-13-8-9/h3-6,9,13H,2,7-8H2,1H3. The second-order valence-corrected chi connectivity index (χ2v) is 4.05. The number of aromatic nitrogens is 2. The Kier molecular flexibility index (Phi) is 1.99. The lowest BCUT2D eigenvalue weighted by molar-refractivity contribution is 0.343. The maximum atomic E-state index is 4.67. The first kappa shape index (κ1) is 8.92. The molecule has 15 heavy (non-hydrogen) atoms. The zero-order valence-corrected chi connectivity index (χ0v) is 8.90. The van der Waals surface area contributed by atoms with Crippen LogP contribution in [-0.2, 0) is 6.42 Å². The molecule has 0 atom stereocenters. The lowest BCUT2D eigenvalue weighted by Crippen LogP contribution is -2.43. The first-order chi connectivity index (χ1) is 7.40. The molecule has 0 saturated carbocycles. The minimum absolute atomic E-state index is 0.604. The Balaban J connectivity index is 2.22. The van der Waals surface area contributed by atoms with Gasteiger partial charge in [-0.05, 0) is 12.1 Å². The first-order valence-electron chi connectivity index (χ1n) is 5.56. The van der Waals surface area contributed by atoms with E-state index in [2.05, 4.69) is 46.1 Å². The number of aryl methyl sites for hydroxylation is 1. The maximum absolute atomic E-state index is 4.67. The van der Waals surface area contributed by atoms with Crippen LogP contribution in [0.25, 0.3) is 11.0 Å². The summed E-state index contributed by atoms with van der Waals surface area (Å²) < 4.78 is 2.39. The molecule has 2 heterocycles. The molecule has 1 N–H and O–H groups in total. The number of nitrogens with one attached hydrogen (secondary N) is 1. The van der Waals surface area contributed by atoms with Gasteiger partial charge in [-0.2, -0.15) is 0 Å². The van der Waals surface area contributed by atoms with Gasteiger partial charge in [0.2, 0.25) is 0 Å². The van der Waals surface area contributed by atoms with Crippen LogP contribution in [0.2, 0.25) is 0 Å². The van der Waals surface area contributed by atoms with Crippen LogP contribution in [-0.4, -0.2) is 22.6 Å². The van der Waals surface area contributed by atoms with E-state index >= 15 is 0 Å². The van der Waals surface area contributed by atoms with Gasteiger partial charge < -0.3 is 9.88 Å². The van der Waals surface area contributed by atoms with Crippen LogP contribution in [0.15, 0.2) is 24.3 Å². The Morgan fingerprint density at radius 2 is 2.20 bits per heavy atom. The van der Waals surface area contributed by atoms with Crippen molar-refractivity contribution in [2.75, 3.05) is 13.1 Å². The molecular weight excluding hydrogens is 186 g/mol. The molecule has 0 radical (unpaired) electrons. The second-order valence-electron chi connectivity index (χ2n) is 4.05. The number of rotatable bonds is 2. The molecule has 0 amide bonds. The van der Waals surface area contributed by atoms with Crippen LogP contribution in [0.5, 0.6) is 0 Å². The number of benzene rings is 1. The molecule has 2 aromatic rings. The normalized spacial score (nSPS) is 16.9. The van der Waals surface area contributed by atoms with E-state index in [1.807, 2.05) is 0 Å². The summed E-state index contributed by atoms with van der Waals surface area (Å²) in [6, 6.07) is 9.01. The van der Waals surface area contributed by atoms with E-state index < -0.39 is 0 Å². The lowest BCUT2D eigenvalue weighted by atomic mass is 10.1. The van der Waals surface area contributed by atoms with E-state index in [0.29, 0.717) is 6.04 Å². The van der Waals surface area contributed by atoms with Gasteiger partial charge in [-0.3, -0.25) is 0 Å². The van der Waals surface area contributed by atoms with E-state index in [4.69, 9.17) is 0 Å². The van der Waals surface area contributed by atoms with Crippen molar-refractivity contribution < 1.29 is 0 Å². The molecule has 3 heteroatoms. The smallest absolute Gasteiger partial charge is 0.109 e. The third kappa shape index (κ3) is 1.27. The monoisotopic (exact) mass is 201 g/mol. The average Bonchev–Trinajstić information content (AvgIpc) is 2.55. The van der Waals surface area contributed by atoms with Gasteiger partial charge in [0, 0.05) is 19.5 Å². The minimum Gasteiger partial charge on any atom is -0.322 e. The zero-order valence-electron chi connectivity index (χ0n) is 8.90. The van der Waals surface area contributed by atoms with Crippen LogP contribution >= 0.6 is 0 Å². The Morgan fingerprint density at radius 3 is 2.87 bits per heavy atom. The second kappa shape index (κ2) is 3.35. The highest BCUT2D eigenvalue weighted by Crippen LogP contribution is 2.23. The molecule has 1 aliphatic rings. The Labute approximate surface area is 89.1 Å². The Bertz CT molecular complexity index is 483. The molecule has 0 unspecified atom stereocenters. The molecule has 1 fully saturated rings.